The van der Waals surface area contributed by atoms with Crippen LogP contribution in [0.25, 0.3) is 0 Å². The molecule has 1 aromatic heterocycles. The smallest absolute Gasteiger partial charge is 0.315 e. The van der Waals surface area contributed by atoms with Crippen molar-refractivity contribution in [3.05, 3.63) is 24.2 Å². The van der Waals surface area contributed by atoms with Crippen LogP contribution in [0.2, 0.25) is 0 Å². The van der Waals surface area contributed by atoms with Crippen molar-refractivity contribution in [3.8, 4) is 0 Å². The molecule has 1 rings (SSSR count). The highest BCUT2D eigenvalue weighted by molar-refractivity contribution is 7.99. The van der Waals surface area contributed by atoms with Crippen molar-refractivity contribution in [2.45, 2.75) is 24.8 Å². The predicted molar refractivity (Wildman–Crippen MR) is 67.9 cm³/mol. The summed E-state index contributed by atoms with van der Waals surface area (Å²) in [6.45, 7) is 2.26. The van der Waals surface area contributed by atoms with E-state index in [0.29, 0.717) is 12.3 Å². The van der Waals surface area contributed by atoms with Gasteiger partial charge in [0.05, 0.1) is 19.4 Å². The second kappa shape index (κ2) is 7.24. The number of carbonyl (C=O) groups excluding carboxylic acids is 1. The molecule has 0 bridgehead atoms. The fraction of sp³-hybridized carbons (Fsp3) is 0.545. The van der Waals surface area contributed by atoms with Crippen molar-refractivity contribution < 1.29 is 14.3 Å². The summed E-state index contributed by atoms with van der Waals surface area (Å²) >= 11 is 1.52. The summed E-state index contributed by atoms with van der Waals surface area (Å²) in [4.78, 5) is 11.5. The number of amides is 2. The molecule has 2 atom stereocenters. The van der Waals surface area contributed by atoms with Gasteiger partial charge in [0.25, 0.3) is 0 Å². The summed E-state index contributed by atoms with van der Waals surface area (Å²) in [5.74, 6) is 0.705. The van der Waals surface area contributed by atoms with Gasteiger partial charge in [0.15, 0.2) is 0 Å². The molecule has 3 N–H and O–H groups in total. The van der Waals surface area contributed by atoms with E-state index in [2.05, 4.69) is 10.6 Å². The van der Waals surface area contributed by atoms with Crippen molar-refractivity contribution in [3.63, 3.8) is 0 Å². The third kappa shape index (κ3) is 4.70. The molecule has 0 saturated heterocycles. The van der Waals surface area contributed by atoms with E-state index in [1.54, 1.807) is 18.4 Å². The SMILES string of the molecule is CS[C@H](CO)[C@H](C)NC(=O)NCc1ccco1. The molecule has 0 unspecified atom stereocenters. The van der Waals surface area contributed by atoms with Gasteiger partial charge in [-0.1, -0.05) is 0 Å². The molecule has 0 aromatic carbocycles. The zero-order valence-electron chi connectivity index (χ0n) is 9.97. The monoisotopic (exact) mass is 258 g/mol. The van der Waals surface area contributed by atoms with Crippen molar-refractivity contribution >= 4 is 17.8 Å². The fourth-order valence-corrected chi connectivity index (χ4v) is 1.99. The normalized spacial score (nSPS) is 14.1. The molecule has 6 heteroatoms. The number of urea groups is 1. The van der Waals surface area contributed by atoms with Crippen LogP contribution in [0, 0.1) is 0 Å². The lowest BCUT2D eigenvalue weighted by Gasteiger charge is -2.21. The molecular weight excluding hydrogens is 240 g/mol. The lowest BCUT2D eigenvalue weighted by molar-refractivity contribution is 0.231. The van der Waals surface area contributed by atoms with Crippen LogP contribution in [0.1, 0.15) is 12.7 Å². The Morgan fingerprint density at radius 2 is 2.41 bits per heavy atom. The molecule has 96 valence electrons. The Hall–Kier alpha value is -1.14. The zero-order chi connectivity index (χ0) is 12.7. The number of hydrogen-bond donors (Lipinski definition) is 3. The first-order valence-electron chi connectivity index (χ1n) is 5.37. The highest BCUT2D eigenvalue weighted by Gasteiger charge is 2.17. The number of rotatable bonds is 6. The lowest BCUT2D eigenvalue weighted by Crippen LogP contribution is -2.45. The van der Waals surface area contributed by atoms with E-state index in [1.807, 2.05) is 13.2 Å². The maximum Gasteiger partial charge on any atom is 0.315 e. The molecule has 0 aliphatic carbocycles. The Bertz CT molecular complexity index is 325. The molecule has 0 spiro atoms. The Labute approximate surface area is 105 Å². The van der Waals surface area contributed by atoms with Gasteiger partial charge in [0.2, 0.25) is 0 Å². The van der Waals surface area contributed by atoms with E-state index in [0.717, 1.165) is 0 Å². The number of nitrogens with one attached hydrogen (secondary N) is 2. The van der Waals surface area contributed by atoms with Crippen LogP contribution in [0.15, 0.2) is 22.8 Å². The highest BCUT2D eigenvalue weighted by atomic mass is 32.2. The van der Waals surface area contributed by atoms with Crippen LogP contribution in [-0.4, -0.2) is 35.3 Å². The highest BCUT2D eigenvalue weighted by Crippen LogP contribution is 2.09. The number of thioether (sulfide) groups is 1. The van der Waals surface area contributed by atoms with Gasteiger partial charge in [-0.15, -0.1) is 0 Å². The van der Waals surface area contributed by atoms with Gasteiger partial charge in [0, 0.05) is 11.3 Å². The van der Waals surface area contributed by atoms with Gasteiger partial charge in [-0.2, -0.15) is 11.8 Å². The van der Waals surface area contributed by atoms with E-state index in [9.17, 15) is 4.79 Å². The third-order valence-corrected chi connectivity index (χ3v) is 3.57. The number of furan rings is 1. The minimum atomic E-state index is -0.263. The van der Waals surface area contributed by atoms with Gasteiger partial charge in [-0.25, -0.2) is 4.79 Å². The van der Waals surface area contributed by atoms with Crippen LogP contribution < -0.4 is 10.6 Å². The number of hydrogen-bond acceptors (Lipinski definition) is 4. The number of carbonyl (C=O) groups is 1. The Morgan fingerprint density at radius 3 is 2.94 bits per heavy atom. The second-order valence-corrected chi connectivity index (χ2v) is 4.73. The van der Waals surface area contributed by atoms with E-state index in [4.69, 9.17) is 9.52 Å². The average molecular weight is 258 g/mol. The fourth-order valence-electron chi connectivity index (χ4n) is 1.37. The second-order valence-electron chi connectivity index (χ2n) is 3.65. The van der Waals surface area contributed by atoms with Crippen LogP contribution >= 0.6 is 11.8 Å². The maximum absolute atomic E-state index is 11.5. The van der Waals surface area contributed by atoms with Gasteiger partial charge >= 0.3 is 6.03 Å². The Kier molecular flexibility index (Phi) is 5.93. The largest absolute Gasteiger partial charge is 0.467 e. The summed E-state index contributed by atoms with van der Waals surface area (Å²) in [6, 6.07) is 3.21. The lowest BCUT2D eigenvalue weighted by atomic mass is 10.2. The summed E-state index contributed by atoms with van der Waals surface area (Å²) in [7, 11) is 0. The van der Waals surface area contributed by atoms with Gasteiger partial charge < -0.3 is 20.2 Å². The molecule has 0 fully saturated rings. The van der Waals surface area contributed by atoms with E-state index < -0.39 is 0 Å². The summed E-state index contributed by atoms with van der Waals surface area (Å²) < 4.78 is 5.09. The molecule has 17 heavy (non-hydrogen) atoms. The first kappa shape index (κ1) is 13.9. The molecule has 1 aromatic rings. The van der Waals surface area contributed by atoms with E-state index in [-0.39, 0.29) is 23.9 Å². The van der Waals surface area contributed by atoms with Crippen LogP contribution in [-0.2, 0) is 6.54 Å². The van der Waals surface area contributed by atoms with Crippen LogP contribution in [0.3, 0.4) is 0 Å². The molecule has 5 nitrogen and oxygen atoms in total. The molecule has 0 radical (unpaired) electrons. The van der Waals surface area contributed by atoms with E-state index in [1.165, 1.54) is 11.8 Å². The van der Waals surface area contributed by atoms with Crippen LogP contribution in [0.5, 0.6) is 0 Å². The number of aliphatic hydroxyl groups is 1. The maximum atomic E-state index is 11.5. The molecular formula is C11H18N2O3S. The zero-order valence-corrected chi connectivity index (χ0v) is 10.8. The number of aliphatic hydroxyl groups excluding tert-OH is 1. The van der Waals surface area contributed by atoms with Crippen molar-refractivity contribution in [1.29, 1.82) is 0 Å². The Morgan fingerprint density at radius 1 is 1.65 bits per heavy atom. The quantitative estimate of drug-likeness (QED) is 0.716. The van der Waals surface area contributed by atoms with Gasteiger partial charge in [-0.3, -0.25) is 0 Å². The minimum absolute atomic E-state index is 0.00404. The molecule has 0 aliphatic rings. The molecule has 2 amide bonds. The van der Waals surface area contributed by atoms with Gasteiger partial charge in [-0.05, 0) is 25.3 Å². The summed E-state index contributed by atoms with van der Waals surface area (Å²) in [5.41, 5.74) is 0. The average Bonchev–Trinajstić information content (AvgIpc) is 2.81. The van der Waals surface area contributed by atoms with E-state index >= 15 is 0 Å². The minimum Gasteiger partial charge on any atom is -0.467 e. The van der Waals surface area contributed by atoms with Crippen molar-refractivity contribution in [2.24, 2.45) is 0 Å². The standard InChI is InChI=1S/C11H18N2O3S/c1-8(10(7-14)17-2)13-11(15)12-6-9-4-3-5-16-9/h3-5,8,10,14H,6-7H2,1-2H3,(H2,12,13,15)/t8-,10+/m0/s1. The van der Waals surface area contributed by atoms with Gasteiger partial charge in [0.1, 0.15) is 5.76 Å². The topological polar surface area (TPSA) is 74.5 Å². The first-order valence-corrected chi connectivity index (χ1v) is 6.66. The van der Waals surface area contributed by atoms with Crippen molar-refractivity contribution in [2.75, 3.05) is 12.9 Å². The molecule has 1 heterocycles. The predicted octanol–water partition coefficient (Wildman–Crippen LogP) is 1.19. The Balaban J connectivity index is 2.29. The van der Waals surface area contributed by atoms with Crippen LogP contribution in [0.4, 0.5) is 4.79 Å². The molecule has 0 aliphatic heterocycles. The summed E-state index contributed by atoms with van der Waals surface area (Å²) in [5, 5.41) is 14.5. The molecule has 0 saturated carbocycles. The summed E-state index contributed by atoms with van der Waals surface area (Å²) in [6.07, 6.45) is 3.47. The first-order chi connectivity index (χ1) is 8.17. The van der Waals surface area contributed by atoms with Crippen molar-refractivity contribution in [1.82, 2.24) is 10.6 Å². The third-order valence-electron chi connectivity index (χ3n) is 2.40.